The fourth-order valence-corrected chi connectivity index (χ4v) is 5.47. The Morgan fingerprint density at radius 1 is 0.830 bits per heavy atom. The summed E-state index contributed by atoms with van der Waals surface area (Å²) in [5.41, 5.74) is 3.59. The second-order valence-corrected chi connectivity index (χ2v) is 11.0. The van der Waals surface area contributed by atoms with E-state index in [0.717, 1.165) is 24.0 Å². The molecular formula is C35H42N2O10. The summed E-state index contributed by atoms with van der Waals surface area (Å²) in [4.78, 5) is 61.6. The van der Waals surface area contributed by atoms with Gasteiger partial charge in [0, 0.05) is 23.5 Å². The SMILES string of the molecule is CCOC(=O)C(CCc1ccc(CCCCOC(=O)C2=C(C)NC(C)=C(C(=O)OC)C2c2cccc([N+](=O)[O-])c2)cc1)C(=O)OCC. The van der Waals surface area contributed by atoms with Crippen molar-refractivity contribution in [3.8, 4) is 0 Å². The van der Waals surface area contributed by atoms with Gasteiger partial charge in [-0.2, -0.15) is 0 Å². The van der Waals surface area contributed by atoms with E-state index in [1.165, 1.54) is 25.3 Å². The van der Waals surface area contributed by atoms with Crippen molar-refractivity contribution < 1.29 is 43.0 Å². The van der Waals surface area contributed by atoms with Crippen LogP contribution in [0.2, 0.25) is 0 Å². The summed E-state index contributed by atoms with van der Waals surface area (Å²) in [7, 11) is 1.23. The van der Waals surface area contributed by atoms with Crippen LogP contribution in [0.25, 0.3) is 0 Å². The van der Waals surface area contributed by atoms with Crippen molar-refractivity contribution in [3.05, 3.63) is 97.9 Å². The second kappa shape index (κ2) is 17.6. The summed E-state index contributed by atoms with van der Waals surface area (Å²) in [6.07, 6.45) is 2.84. The number of hydrogen-bond donors (Lipinski definition) is 1. The molecule has 0 bridgehead atoms. The minimum Gasteiger partial charge on any atom is -0.466 e. The topological polar surface area (TPSA) is 160 Å². The van der Waals surface area contributed by atoms with Crippen molar-refractivity contribution in [1.82, 2.24) is 5.32 Å². The van der Waals surface area contributed by atoms with Gasteiger partial charge >= 0.3 is 23.9 Å². The van der Waals surface area contributed by atoms with Gasteiger partial charge in [-0.1, -0.05) is 36.4 Å². The Morgan fingerprint density at radius 2 is 1.40 bits per heavy atom. The van der Waals surface area contributed by atoms with E-state index < -0.39 is 40.6 Å². The van der Waals surface area contributed by atoms with E-state index in [-0.39, 0.29) is 43.1 Å². The molecule has 12 heteroatoms. The zero-order chi connectivity index (χ0) is 34.5. The Bertz CT molecular complexity index is 1510. The maximum atomic E-state index is 13.4. The molecule has 47 heavy (non-hydrogen) atoms. The number of nitro groups is 1. The first-order valence-electron chi connectivity index (χ1n) is 15.6. The average Bonchev–Trinajstić information content (AvgIpc) is 3.04. The van der Waals surface area contributed by atoms with Crippen molar-refractivity contribution in [3.63, 3.8) is 0 Å². The molecule has 0 aromatic heterocycles. The van der Waals surface area contributed by atoms with E-state index in [2.05, 4.69) is 5.32 Å². The standard InChI is InChI=1S/C35H42N2O10/c1-6-45-32(38)28(33(39)46-7-2)19-18-25-16-14-24(15-17-25)11-8-9-20-47-35(41)30-23(4)36-22(3)29(34(40)44-5)31(30)26-12-10-13-27(21-26)37(42)43/h10,12-17,21,28,31,36H,6-9,11,18-20H2,1-5H3. The summed E-state index contributed by atoms with van der Waals surface area (Å²) in [5, 5.41) is 14.5. The van der Waals surface area contributed by atoms with Gasteiger partial charge in [-0.25, -0.2) is 9.59 Å². The number of aryl methyl sites for hydroxylation is 2. The fourth-order valence-electron chi connectivity index (χ4n) is 5.47. The molecule has 3 rings (SSSR count). The lowest BCUT2D eigenvalue weighted by atomic mass is 9.80. The van der Waals surface area contributed by atoms with Crippen LogP contribution in [0.15, 0.2) is 71.1 Å². The second-order valence-electron chi connectivity index (χ2n) is 11.0. The van der Waals surface area contributed by atoms with Gasteiger partial charge in [0.25, 0.3) is 5.69 Å². The number of unbranched alkanes of at least 4 members (excludes halogenated alkanes) is 1. The van der Waals surface area contributed by atoms with E-state index >= 15 is 0 Å². The average molecular weight is 651 g/mol. The maximum Gasteiger partial charge on any atom is 0.336 e. The number of ether oxygens (including phenoxy) is 4. The number of non-ortho nitro benzene ring substituents is 1. The largest absolute Gasteiger partial charge is 0.466 e. The van der Waals surface area contributed by atoms with Crippen molar-refractivity contribution in [2.24, 2.45) is 5.92 Å². The Labute approximate surface area is 274 Å². The Hall–Kier alpha value is -5.00. The Morgan fingerprint density at radius 3 is 1.96 bits per heavy atom. The van der Waals surface area contributed by atoms with Gasteiger partial charge in [0.05, 0.1) is 48.9 Å². The minimum absolute atomic E-state index is 0.134. The summed E-state index contributed by atoms with van der Waals surface area (Å²) < 4.78 is 20.7. The molecule has 1 aliphatic heterocycles. The molecule has 0 saturated carbocycles. The number of methoxy groups -OCH3 is 1. The monoisotopic (exact) mass is 650 g/mol. The van der Waals surface area contributed by atoms with Gasteiger partial charge in [-0.05, 0) is 76.5 Å². The highest BCUT2D eigenvalue weighted by atomic mass is 16.6. The van der Waals surface area contributed by atoms with Crippen molar-refractivity contribution in [2.75, 3.05) is 26.9 Å². The highest BCUT2D eigenvalue weighted by molar-refractivity contribution is 6.00. The lowest BCUT2D eigenvalue weighted by molar-refractivity contribution is -0.384. The fraction of sp³-hybridized carbons (Fsp3) is 0.429. The van der Waals surface area contributed by atoms with Crippen LogP contribution in [0.3, 0.4) is 0 Å². The summed E-state index contributed by atoms with van der Waals surface area (Å²) >= 11 is 0. The molecule has 12 nitrogen and oxygen atoms in total. The van der Waals surface area contributed by atoms with E-state index in [4.69, 9.17) is 18.9 Å². The summed E-state index contributed by atoms with van der Waals surface area (Å²) in [6, 6.07) is 13.7. The molecule has 0 saturated heterocycles. The first-order valence-corrected chi connectivity index (χ1v) is 15.6. The van der Waals surface area contributed by atoms with Crippen molar-refractivity contribution in [1.29, 1.82) is 0 Å². The number of benzene rings is 2. The number of carbonyl (C=O) groups excluding carboxylic acids is 4. The zero-order valence-electron chi connectivity index (χ0n) is 27.5. The minimum atomic E-state index is -0.963. The molecule has 1 heterocycles. The molecule has 1 aliphatic rings. The zero-order valence-corrected chi connectivity index (χ0v) is 27.5. The summed E-state index contributed by atoms with van der Waals surface area (Å²) in [6.45, 7) is 7.25. The molecule has 0 radical (unpaired) electrons. The third-order valence-electron chi connectivity index (χ3n) is 7.78. The molecule has 1 N–H and O–H groups in total. The lowest BCUT2D eigenvalue weighted by Gasteiger charge is -2.30. The molecular weight excluding hydrogens is 608 g/mol. The highest BCUT2D eigenvalue weighted by Gasteiger charge is 2.38. The van der Waals surface area contributed by atoms with Gasteiger partial charge in [-0.3, -0.25) is 19.7 Å². The van der Waals surface area contributed by atoms with Crippen LogP contribution in [-0.2, 0) is 51.0 Å². The van der Waals surface area contributed by atoms with E-state index in [1.54, 1.807) is 33.8 Å². The predicted octanol–water partition coefficient (Wildman–Crippen LogP) is 5.24. The number of hydrogen-bond acceptors (Lipinski definition) is 11. The highest BCUT2D eigenvalue weighted by Crippen LogP contribution is 2.40. The summed E-state index contributed by atoms with van der Waals surface area (Å²) in [5.74, 6) is -4.33. The van der Waals surface area contributed by atoms with Crippen molar-refractivity contribution in [2.45, 2.75) is 65.7 Å². The van der Waals surface area contributed by atoms with Gasteiger partial charge < -0.3 is 24.3 Å². The first kappa shape index (κ1) is 36.5. The van der Waals surface area contributed by atoms with E-state index in [0.29, 0.717) is 29.8 Å². The number of rotatable bonds is 16. The third-order valence-corrected chi connectivity index (χ3v) is 7.78. The van der Waals surface area contributed by atoms with E-state index in [9.17, 15) is 29.3 Å². The van der Waals surface area contributed by atoms with Crippen LogP contribution in [0.4, 0.5) is 5.69 Å². The van der Waals surface area contributed by atoms with Crippen LogP contribution in [-0.4, -0.2) is 55.7 Å². The molecule has 2 aromatic carbocycles. The number of nitrogens with zero attached hydrogens (tertiary/aromatic N) is 1. The molecule has 0 fully saturated rings. The van der Waals surface area contributed by atoms with Crippen LogP contribution in [0.1, 0.15) is 69.6 Å². The smallest absolute Gasteiger partial charge is 0.336 e. The lowest BCUT2D eigenvalue weighted by Crippen LogP contribution is -2.32. The molecule has 0 aliphatic carbocycles. The molecule has 1 atom stereocenters. The number of carbonyl (C=O) groups is 4. The molecule has 252 valence electrons. The number of allylic oxidation sites excluding steroid dienone is 2. The number of dihydropyridines is 1. The maximum absolute atomic E-state index is 13.4. The Balaban J connectivity index is 1.59. The van der Waals surface area contributed by atoms with Crippen LogP contribution in [0.5, 0.6) is 0 Å². The molecule has 0 spiro atoms. The number of esters is 4. The first-order chi connectivity index (χ1) is 22.5. The van der Waals surface area contributed by atoms with Gasteiger partial charge in [-0.15, -0.1) is 0 Å². The van der Waals surface area contributed by atoms with E-state index in [1.807, 2.05) is 24.3 Å². The molecule has 1 unspecified atom stereocenters. The van der Waals surface area contributed by atoms with Crippen LogP contribution >= 0.6 is 0 Å². The quantitative estimate of drug-likeness (QED) is 0.0632. The molecule has 0 amide bonds. The van der Waals surface area contributed by atoms with Crippen LogP contribution < -0.4 is 5.32 Å². The normalized spacial score (nSPS) is 14.4. The number of nitro benzene ring substituents is 1. The number of nitrogens with one attached hydrogen (secondary N) is 1. The van der Waals surface area contributed by atoms with Crippen LogP contribution in [0, 0.1) is 16.0 Å². The van der Waals surface area contributed by atoms with Crippen molar-refractivity contribution >= 4 is 29.6 Å². The molecule has 2 aromatic rings. The Kier molecular flexibility index (Phi) is 13.7. The third kappa shape index (κ3) is 9.74. The van der Waals surface area contributed by atoms with Gasteiger partial charge in [0.15, 0.2) is 5.92 Å². The van der Waals surface area contributed by atoms with Gasteiger partial charge in [0.1, 0.15) is 0 Å². The predicted molar refractivity (Wildman–Crippen MR) is 172 cm³/mol. The van der Waals surface area contributed by atoms with Gasteiger partial charge in [0.2, 0.25) is 0 Å².